The number of methoxy groups -OCH3 is 1. The Morgan fingerprint density at radius 2 is 2.03 bits per heavy atom. The van der Waals surface area contributed by atoms with Crippen LogP contribution < -0.4 is 5.73 Å². The van der Waals surface area contributed by atoms with E-state index in [1.807, 2.05) is 72.5 Å². The fourth-order valence-corrected chi connectivity index (χ4v) is 5.39. The van der Waals surface area contributed by atoms with Crippen molar-refractivity contribution in [3.63, 3.8) is 0 Å². The fourth-order valence-electron chi connectivity index (χ4n) is 5.39. The summed E-state index contributed by atoms with van der Waals surface area (Å²) in [7, 11) is 1.65. The molecule has 0 bridgehead atoms. The molecule has 1 aliphatic carbocycles. The molecular weight excluding hydrogens is 490 g/mol. The summed E-state index contributed by atoms with van der Waals surface area (Å²) >= 11 is 0. The largest absolute Gasteiger partial charge is 0.419 e. The quantitative estimate of drug-likeness (QED) is 0.447. The van der Waals surface area contributed by atoms with Gasteiger partial charge in [0.1, 0.15) is 0 Å². The molecule has 1 unspecified atom stereocenters. The molecule has 2 N–H and O–H groups in total. The lowest BCUT2D eigenvalue weighted by Gasteiger charge is -2.25. The first-order chi connectivity index (χ1) is 18.9. The first-order valence-corrected chi connectivity index (χ1v) is 13.3. The Balaban J connectivity index is 1.53. The minimum absolute atomic E-state index is 0.0317. The van der Waals surface area contributed by atoms with Gasteiger partial charge in [0, 0.05) is 24.8 Å². The molecule has 0 spiro atoms. The van der Waals surface area contributed by atoms with Crippen LogP contribution in [0.4, 0.5) is 0 Å². The Hall–Kier alpha value is -4.06. The molecule has 200 valence electrons. The zero-order chi connectivity index (χ0) is 27.4. The lowest BCUT2D eigenvalue weighted by Crippen LogP contribution is -2.38. The summed E-state index contributed by atoms with van der Waals surface area (Å²) in [5.74, 6) is 0.207. The van der Waals surface area contributed by atoms with Gasteiger partial charge in [0.05, 0.1) is 30.2 Å². The number of nitriles is 1. The molecule has 1 amide bonds. The Morgan fingerprint density at radius 3 is 2.79 bits per heavy atom. The number of hydrogen-bond acceptors (Lipinski definition) is 7. The van der Waals surface area contributed by atoms with E-state index in [4.69, 9.17) is 14.9 Å². The average molecular weight is 524 g/mol. The normalized spacial score (nSPS) is 20.4. The monoisotopic (exact) mass is 523 g/mol. The minimum Gasteiger partial charge on any atom is -0.419 e. The van der Waals surface area contributed by atoms with Crippen molar-refractivity contribution in [1.82, 2.24) is 15.1 Å². The topological polar surface area (TPSA) is 118 Å². The van der Waals surface area contributed by atoms with Crippen LogP contribution in [-0.2, 0) is 16.7 Å². The van der Waals surface area contributed by atoms with Gasteiger partial charge in [-0.3, -0.25) is 4.79 Å². The van der Waals surface area contributed by atoms with Gasteiger partial charge in [-0.25, -0.2) is 0 Å². The number of amides is 1. The summed E-state index contributed by atoms with van der Waals surface area (Å²) in [6, 6.07) is 17.9. The molecule has 3 aromatic rings. The summed E-state index contributed by atoms with van der Waals surface area (Å²) in [4.78, 5) is 15.6. The maximum absolute atomic E-state index is 13.8. The van der Waals surface area contributed by atoms with Gasteiger partial charge in [0.15, 0.2) is 0 Å². The first kappa shape index (κ1) is 26.5. The summed E-state index contributed by atoms with van der Waals surface area (Å²) in [6.07, 6.45) is 8.84. The van der Waals surface area contributed by atoms with E-state index in [0.29, 0.717) is 43.0 Å². The molecule has 2 heterocycles. The van der Waals surface area contributed by atoms with Gasteiger partial charge in [0.25, 0.3) is 5.91 Å². The highest BCUT2D eigenvalue weighted by atomic mass is 16.5. The average Bonchev–Trinajstić information content (AvgIpc) is 3.64. The number of carbonyl (C=O) groups is 1. The van der Waals surface area contributed by atoms with E-state index in [2.05, 4.69) is 16.3 Å². The molecule has 0 saturated carbocycles. The zero-order valence-electron chi connectivity index (χ0n) is 22.3. The second-order valence-corrected chi connectivity index (χ2v) is 10.5. The van der Waals surface area contributed by atoms with Crippen LogP contribution in [0.2, 0.25) is 0 Å². The Labute approximate surface area is 228 Å². The molecule has 3 atom stereocenters. The minimum atomic E-state index is -0.881. The number of benzene rings is 2. The Kier molecular flexibility index (Phi) is 7.73. The van der Waals surface area contributed by atoms with Crippen molar-refractivity contribution >= 4 is 11.5 Å². The van der Waals surface area contributed by atoms with Gasteiger partial charge in [-0.1, -0.05) is 48.6 Å². The maximum atomic E-state index is 13.8. The molecule has 8 heteroatoms. The van der Waals surface area contributed by atoms with Crippen LogP contribution in [0.3, 0.4) is 0 Å². The number of nitrogens with zero attached hydrogens (tertiary/aromatic N) is 4. The smallest absolute Gasteiger partial charge is 0.254 e. The first-order valence-electron chi connectivity index (χ1n) is 13.3. The number of allylic oxidation sites excluding steroid dienone is 4. The molecule has 1 fully saturated rings. The van der Waals surface area contributed by atoms with Crippen molar-refractivity contribution in [2.75, 3.05) is 20.3 Å². The molecular formula is C31H33N5O3. The third-order valence-corrected chi connectivity index (χ3v) is 7.40. The number of ether oxygens (including phenoxy) is 1. The number of hydrogen-bond donors (Lipinski definition) is 1. The van der Waals surface area contributed by atoms with E-state index in [9.17, 15) is 10.1 Å². The molecule has 39 heavy (non-hydrogen) atoms. The lowest BCUT2D eigenvalue weighted by atomic mass is 9.86. The van der Waals surface area contributed by atoms with Crippen LogP contribution in [0.15, 0.2) is 71.2 Å². The number of aromatic nitrogens is 2. The molecule has 2 aliphatic rings. The Bertz CT molecular complexity index is 1430. The number of nitrogens with two attached hydrogens (primary N) is 1. The predicted molar refractivity (Wildman–Crippen MR) is 148 cm³/mol. The molecule has 0 radical (unpaired) electrons. The van der Waals surface area contributed by atoms with Crippen LogP contribution in [-0.4, -0.2) is 47.3 Å². The van der Waals surface area contributed by atoms with Crippen LogP contribution >= 0.6 is 0 Å². The van der Waals surface area contributed by atoms with Crippen molar-refractivity contribution in [1.29, 1.82) is 5.26 Å². The van der Waals surface area contributed by atoms with Crippen molar-refractivity contribution in [2.45, 2.75) is 44.2 Å². The summed E-state index contributed by atoms with van der Waals surface area (Å²) in [6.45, 7) is 3.03. The lowest BCUT2D eigenvalue weighted by molar-refractivity contribution is 0.0630. The standard InChI is InChI=1S/C31H33N5O3/c1-31(33,18-21-9-4-3-5-10-21)30-35-34-28(39-30)24-15-23(27-13-7-6-11-22(27)19-32)16-25(17-24)29(37)36-14-8-12-26(36)20-38-2/h3-7,9-10,13,15-17,22,26H,8,11-12,14,18,20,33H2,1-2H3/t22?,26-,31-/m1/s1. The van der Waals surface area contributed by atoms with Gasteiger partial charge >= 0.3 is 0 Å². The number of rotatable bonds is 8. The summed E-state index contributed by atoms with van der Waals surface area (Å²) in [5.41, 5.74) is 9.58. The van der Waals surface area contributed by atoms with Crippen LogP contribution in [0, 0.1) is 17.2 Å². The van der Waals surface area contributed by atoms with Crippen molar-refractivity contribution < 1.29 is 13.9 Å². The molecule has 5 rings (SSSR count). The van der Waals surface area contributed by atoms with Gasteiger partial charge in [0.2, 0.25) is 11.8 Å². The van der Waals surface area contributed by atoms with E-state index in [1.165, 1.54) is 0 Å². The highest BCUT2D eigenvalue weighted by molar-refractivity contribution is 5.97. The van der Waals surface area contributed by atoms with Gasteiger partial charge in [-0.2, -0.15) is 5.26 Å². The van der Waals surface area contributed by atoms with Crippen molar-refractivity contribution in [3.05, 3.63) is 89.3 Å². The molecule has 1 aliphatic heterocycles. The van der Waals surface area contributed by atoms with Crippen molar-refractivity contribution in [3.8, 4) is 17.5 Å². The molecule has 2 aromatic carbocycles. The van der Waals surface area contributed by atoms with Gasteiger partial charge in [-0.15, -0.1) is 10.2 Å². The molecule has 1 aromatic heterocycles. The third kappa shape index (κ3) is 5.70. The van der Waals surface area contributed by atoms with Gasteiger partial charge in [-0.05, 0) is 67.5 Å². The Morgan fingerprint density at radius 1 is 1.23 bits per heavy atom. The van der Waals surface area contributed by atoms with Crippen LogP contribution in [0.1, 0.15) is 53.6 Å². The SMILES string of the molecule is COC[C@H]1CCCN1C(=O)c1cc(C2=CC=CCC2C#N)cc(-c2nnc([C@](C)(N)Cc3ccccc3)o2)c1. The summed E-state index contributed by atoms with van der Waals surface area (Å²) < 4.78 is 11.5. The van der Waals surface area contributed by atoms with Crippen molar-refractivity contribution in [2.24, 2.45) is 11.7 Å². The van der Waals surface area contributed by atoms with E-state index < -0.39 is 5.54 Å². The number of likely N-dealkylation sites (tertiary alicyclic amines) is 1. The number of carbonyl (C=O) groups excluding carboxylic acids is 1. The molecule has 8 nitrogen and oxygen atoms in total. The van der Waals surface area contributed by atoms with E-state index in [-0.39, 0.29) is 23.8 Å². The third-order valence-electron chi connectivity index (χ3n) is 7.40. The highest BCUT2D eigenvalue weighted by Crippen LogP contribution is 2.34. The van der Waals surface area contributed by atoms with E-state index in [1.54, 1.807) is 13.2 Å². The fraction of sp³-hybridized carbons (Fsp3) is 0.355. The second kappa shape index (κ2) is 11.4. The maximum Gasteiger partial charge on any atom is 0.254 e. The molecule has 1 saturated heterocycles. The predicted octanol–water partition coefficient (Wildman–Crippen LogP) is 4.89. The van der Waals surface area contributed by atoms with Gasteiger partial charge < -0.3 is 19.8 Å². The second-order valence-electron chi connectivity index (χ2n) is 10.5. The summed E-state index contributed by atoms with van der Waals surface area (Å²) in [5, 5.41) is 18.4. The van der Waals surface area contributed by atoms with Crippen LogP contribution in [0.25, 0.3) is 17.0 Å². The highest BCUT2D eigenvalue weighted by Gasteiger charge is 2.32. The zero-order valence-corrected chi connectivity index (χ0v) is 22.3. The van der Waals surface area contributed by atoms with E-state index >= 15 is 0 Å². The van der Waals surface area contributed by atoms with Crippen LogP contribution in [0.5, 0.6) is 0 Å². The van der Waals surface area contributed by atoms with E-state index in [0.717, 1.165) is 29.5 Å².